The van der Waals surface area contributed by atoms with E-state index in [1.807, 2.05) is 0 Å². The van der Waals surface area contributed by atoms with Gasteiger partial charge in [0.05, 0.1) is 24.7 Å². The first-order valence-corrected chi connectivity index (χ1v) is 8.90. The number of carbonyl (C=O) groups excluding carboxylic acids is 4. The predicted molar refractivity (Wildman–Crippen MR) is 104 cm³/mol. The molecular formula is C22H16N2O6. The first kappa shape index (κ1) is 20.5. The van der Waals surface area contributed by atoms with E-state index in [0.717, 1.165) is 4.90 Å². The van der Waals surface area contributed by atoms with Crippen molar-refractivity contribution in [2.45, 2.75) is 6.42 Å². The molecule has 0 saturated heterocycles. The van der Waals surface area contributed by atoms with Gasteiger partial charge in [0.25, 0.3) is 11.8 Å². The maximum Gasteiger partial charge on any atom is 0.348 e. The molecule has 0 aromatic heterocycles. The second-order valence-electron chi connectivity index (χ2n) is 6.27. The van der Waals surface area contributed by atoms with Crippen molar-refractivity contribution in [3.05, 3.63) is 70.8 Å². The maximum absolute atomic E-state index is 12.3. The van der Waals surface area contributed by atoms with Crippen molar-refractivity contribution in [2.75, 3.05) is 13.7 Å². The van der Waals surface area contributed by atoms with E-state index in [2.05, 4.69) is 4.74 Å². The van der Waals surface area contributed by atoms with E-state index < -0.39 is 23.8 Å². The molecule has 30 heavy (non-hydrogen) atoms. The van der Waals surface area contributed by atoms with E-state index in [1.54, 1.807) is 42.5 Å². The molecule has 1 aliphatic rings. The molecule has 150 valence electrons. The number of methoxy groups -OCH3 is 1. The highest BCUT2D eigenvalue weighted by Crippen LogP contribution is 2.23. The zero-order chi connectivity index (χ0) is 21.7. The number of hydrogen-bond donors (Lipinski definition) is 0. The standard InChI is InChI=1S/C22H16N2O6/c1-29-22(28)15(13-23)11-14-5-4-6-16(12-14)30-19(25)9-10-24-20(26)17-7-2-3-8-18(17)21(24)27/h2-8,11-12H,9-10H2,1H3/b15-11+. The smallest absolute Gasteiger partial charge is 0.348 e. The van der Waals surface area contributed by atoms with Crippen LogP contribution in [0.5, 0.6) is 5.75 Å². The van der Waals surface area contributed by atoms with Crippen LogP contribution in [0.1, 0.15) is 32.7 Å². The van der Waals surface area contributed by atoms with E-state index in [4.69, 9.17) is 10.00 Å². The van der Waals surface area contributed by atoms with E-state index in [-0.39, 0.29) is 24.3 Å². The second kappa shape index (κ2) is 8.84. The number of rotatable bonds is 6. The van der Waals surface area contributed by atoms with Crippen LogP contribution < -0.4 is 4.74 Å². The molecule has 0 saturated carbocycles. The van der Waals surface area contributed by atoms with Crippen molar-refractivity contribution >= 4 is 29.8 Å². The first-order chi connectivity index (χ1) is 14.4. The minimum Gasteiger partial charge on any atom is -0.465 e. The van der Waals surface area contributed by atoms with Crippen molar-refractivity contribution in [3.63, 3.8) is 0 Å². The molecule has 8 nitrogen and oxygen atoms in total. The fourth-order valence-corrected chi connectivity index (χ4v) is 2.91. The molecule has 1 aliphatic heterocycles. The third kappa shape index (κ3) is 4.25. The van der Waals surface area contributed by atoms with Gasteiger partial charge in [-0.05, 0) is 35.9 Å². The summed E-state index contributed by atoms with van der Waals surface area (Å²) in [6.45, 7) is -0.105. The van der Waals surface area contributed by atoms with Crippen LogP contribution in [0.25, 0.3) is 6.08 Å². The molecular weight excluding hydrogens is 388 g/mol. The minimum atomic E-state index is -0.777. The number of benzene rings is 2. The lowest BCUT2D eigenvalue weighted by molar-refractivity contribution is -0.136. The summed E-state index contributed by atoms with van der Waals surface area (Å²) in [5, 5.41) is 9.02. The lowest BCUT2D eigenvalue weighted by atomic mass is 10.1. The molecule has 2 amide bonds. The largest absolute Gasteiger partial charge is 0.465 e. The first-order valence-electron chi connectivity index (χ1n) is 8.90. The zero-order valence-corrected chi connectivity index (χ0v) is 16.0. The fraction of sp³-hybridized carbons (Fsp3) is 0.136. The van der Waals surface area contributed by atoms with E-state index >= 15 is 0 Å². The summed E-state index contributed by atoms with van der Waals surface area (Å²) in [5.74, 6) is -2.11. The highest BCUT2D eigenvalue weighted by atomic mass is 16.5. The molecule has 0 radical (unpaired) electrons. The molecule has 0 fully saturated rings. The summed E-state index contributed by atoms with van der Waals surface area (Å²) < 4.78 is 9.76. The van der Waals surface area contributed by atoms with Crippen LogP contribution in [-0.4, -0.2) is 42.3 Å². The van der Waals surface area contributed by atoms with Crippen molar-refractivity contribution in [3.8, 4) is 11.8 Å². The average Bonchev–Trinajstić information content (AvgIpc) is 3.00. The van der Waals surface area contributed by atoms with Gasteiger partial charge in [0.2, 0.25) is 0 Å². The average molecular weight is 404 g/mol. The van der Waals surface area contributed by atoms with Gasteiger partial charge in [0, 0.05) is 6.54 Å². The van der Waals surface area contributed by atoms with Crippen LogP contribution in [0, 0.1) is 11.3 Å². The van der Waals surface area contributed by atoms with Crippen molar-refractivity contribution in [1.82, 2.24) is 4.90 Å². The Morgan fingerprint density at radius 2 is 1.73 bits per heavy atom. The molecule has 1 heterocycles. The van der Waals surface area contributed by atoms with Gasteiger partial charge in [-0.1, -0.05) is 24.3 Å². The summed E-state index contributed by atoms with van der Waals surface area (Å²) in [4.78, 5) is 49.3. The number of fused-ring (bicyclic) bond motifs is 1. The van der Waals surface area contributed by atoms with Gasteiger partial charge in [0.15, 0.2) is 0 Å². The van der Waals surface area contributed by atoms with E-state index in [1.165, 1.54) is 25.3 Å². The Bertz CT molecular complexity index is 1080. The molecule has 2 aromatic carbocycles. The predicted octanol–water partition coefficient (Wildman–Crippen LogP) is 2.36. The lowest BCUT2D eigenvalue weighted by Gasteiger charge is -2.13. The van der Waals surface area contributed by atoms with Crippen molar-refractivity contribution < 1.29 is 28.7 Å². The summed E-state index contributed by atoms with van der Waals surface area (Å²) in [7, 11) is 1.17. The number of imide groups is 1. The highest BCUT2D eigenvalue weighted by Gasteiger charge is 2.35. The molecule has 8 heteroatoms. The van der Waals surface area contributed by atoms with Crippen LogP contribution in [0.4, 0.5) is 0 Å². The van der Waals surface area contributed by atoms with E-state index in [0.29, 0.717) is 16.7 Å². The van der Waals surface area contributed by atoms with Gasteiger partial charge in [-0.25, -0.2) is 4.79 Å². The van der Waals surface area contributed by atoms with Gasteiger partial charge >= 0.3 is 11.9 Å². The van der Waals surface area contributed by atoms with Crippen molar-refractivity contribution in [2.24, 2.45) is 0 Å². The monoisotopic (exact) mass is 404 g/mol. The lowest BCUT2D eigenvalue weighted by Crippen LogP contribution is -2.32. The van der Waals surface area contributed by atoms with Gasteiger partial charge in [-0.15, -0.1) is 0 Å². The van der Waals surface area contributed by atoms with Gasteiger partial charge in [-0.3, -0.25) is 19.3 Å². The second-order valence-corrected chi connectivity index (χ2v) is 6.27. The Kier molecular flexibility index (Phi) is 6.03. The Hall–Kier alpha value is -4.25. The number of nitriles is 1. The molecule has 0 bridgehead atoms. The minimum absolute atomic E-state index is 0.105. The quantitative estimate of drug-likeness (QED) is 0.239. The molecule has 3 rings (SSSR count). The number of esters is 2. The maximum atomic E-state index is 12.3. The Balaban J connectivity index is 1.63. The molecule has 0 N–H and O–H groups in total. The molecule has 0 spiro atoms. The number of carbonyl (C=O) groups is 4. The fourth-order valence-electron chi connectivity index (χ4n) is 2.91. The van der Waals surface area contributed by atoms with Crippen LogP contribution >= 0.6 is 0 Å². The summed E-state index contributed by atoms with van der Waals surface area (Å²) >= 11 is 0. The number of amides is 2. The molecule has 0 aliphatic carbocycles. The number of ether oxygens (including phenoxy) is 2. The third-order valence-electron chi connectivity index (χ3n) is 4.34. The van der Waals surface area contributed by atoms with Crippen LogP contribution in [0.15, 0.2) is 54.1 Å². The topological polar surface area (TPSA) is 114 Å². The van der Waals surface area contributed by atoms with E-state index in [9.17, 15) is 19.2 Å². The number of hydrogen-bond acceptors (Lipinski definition) is 7. The highest BCUT2D eigenvalue weighted by molar-refractivity contribution is 6.21. The molecule has 0 unspecified atom stereocenters. The molecule has 0 atom stereocenters. The van der Waals surface area contributed by atoms with Crippen LogP contribution in [0.3, 0.4) is 0 Å². The normalized spacial score (nSPS) is 12.9. The Morgan fingerprint density at radius 1 is 1.07 bits per heavy atom. The number of nitrogens with zero attached hydrogens (tertiary/aromatic N) is 2. The summed E-state index contributed by atoms with van der Waals surface area (Å²) in [5.41, 5.74) is 0.887. The Morgan fingerprint density at radius 3 is 2.33 bits per heavy atom. The van der Waals surface area contributed by atoms with Gasteiger partial charge < -0.3 is 9.47 Å². The SMILES string of the molecule is COC(=O)/C(C#N)=C/c1cccc(OC(=O)CCN2C(=O)c3ccccc3C2=O)c1. The van der Waals surface area contributed by atoms with Crippen LogP contribution in [-0.2, 0) is 14.3 Å². The summed E-state index contributed by atoms with van der Waals surface area (Å²) in [6.07, 6.45) is 1.12. The van der Waals surface area contributed by atoms with Crippen LogP contribution in [0.2, 0.25) is 0 Å². The zero-order valence-electron chi connectivity index (χ0n) is 16.0. The summed E-state index contributed by atoms with van der Waals surface area (Å²) in [6, 6.07) is 14.4. The van der Waals surface area contributed by atoms with Crippen molar-refractivity contribution in [1.29, 1.82) is 5.26 Å². The van der Waals surface area contributed by atoms with Gasteiger partial charge in [-0.2, -0.15) is 5.26 Å². The Labute approximate surface area is 171 Å². The third-order valence-corrected chi connectivity index (χ3v) is 4.34. The van der Waals surface area contributed by atoms with Gasteiger partial charge in [0.1, 0.15) is 17.4 Å². The molecule has 2 aromatic rings.